The van der Waals surface area contributed by atoms with E-state index in [-0.39, 0.29) is 23.5 Å². The van der Waals surface area contributed by atoms with E-state index in [0.29, 0.717) is 32.2 Å². The molecule has 2 fully saturated rings. The Kier molecular flexibility index (Phi) is 7.87. The number of hydrogen-bond donors (Lipinski definition) is 1. The fourth-order valence-electron chi connectivity index (χ4n) is 5.59. The largest absolute Gasteiger partial charge is 0.433 e. The highest BCUT2D eigenvalue weighted by atomic mass is 19.4. The first-order chi connectivity index (χ1) is 17.1. The maximum absolute atomic E-state index is 13.8. The molecule has 2 atom stereocenters. The Morgan fingerprint density at radius 3 is 2.47 bits per heavy atom. The Labute approximate surface area is 211 Å². The molecule has 196 valence electrons. The number of rotatable bonds is 7. The summed E-state index contributed by atoms with van der Waals surface area (Å²) in [6.45, 7) is 8.46. The third-order valence-electron chi connectivity index (χ3n) is 7.78. The normalized spacial score (nSPS) is 22.9. The van der Waals surface area contributed by atoms with Crippen molar-refractivity contribution < 1.29 is 18.0 Å². The van der Waals surface area contributed by atoms with E-state index in [1.165, 1.54) is 12.5 Å². The van der Waals surface area contributed by atoms with E-state index in [4.69, 9.17) is 0 Å². The van der Waals surface area contributed by atoms with Gasteiger partial charge < -0.3 is 15.1 Å². The van der Waals surface area contributed by atoms with Gasteiger partial charge in [0.25, 0.3) is 0 Å². The average molecular weight is 504 g/mol. The molecule has 1 aromatic heterocycles. The average Bonchev–Trinajstić information content (AvgIpc) is 3.29. The monoisotopic (exact) mass is 503 g/mol. The lowest BCUT2D eigenvalue weighted by atomic mass is 9.74. The van der Waals surface area contributed by atoms with Crippen LogP contribution in [0.3, 0.4) is 0 Å². The van der Waals surface area contributed by atoms with Gasteiger partial charge in [-0.1, -0.05) is 44.2 Å². The summed E-state index contributed by atoms with van der Waals surface area (Å²) in [4.78, 5) is 25.3. The number of carbonyl (C=O) groups is 1. The predicted octanol–water partition coefficient (Wildman–Crippen LogP) is 4.48. The predicted molar refractivity (Wildman–Crippen MR) is 134 cm³/mol. The zero-order valence-electron chi connectivity index (χ0n) is 21.3. The van der Waals surface area contributed by atoms with Gasteiger partial charge in [-0.25, -0.2) is 9.97 Å². The molecule has 1 aromatic carbocycles. The van der Waals surface area contributed by atoms with Crippen molar-refractivity contribution in [3.8, 4) is 0 Å². The van der Waals surface area contributed by atoms with E-state index in [9.17, 15) is 18.0 Å². The fourth-order valence-corrected chi connectivity index (χ4v) is 5.59. The lowest BCUT2D eigenvalue weighted by Gasteiger charge is -2.42. The van der Waals surface area contributed by atoms with Gasteiger partial charge in [0.15, 0.2) is 0 Å². The maximum atomic E-state index is 13.8. The lowest BCUT2D eigenvalue weighted by Crippen LogP contribution is -2.54. The third kappa shape index (κ3) is 5.82. The number of carbonyl (C=O) groups excluding carboxylic acids is 1. The molecule has 0 bridgehead atoms. The highest BCUT2D eigenvalue weighted by Gasteiger charge is 2.49. The Hall–Kier alpha value is -2.68. The molecule has 9 heteroatoms. The van der Waals surface area contributed by atoms with Crippen molar-refractivity contribution in [2.75, 3.05) is 37.6 Å². The SMILES string of the molecule is Cc1nc(N2CCN(C(=O)[C@@]3(C(C)C)CC[C@@H](NCCc4ccccc4)C3)CC2)cc(C(F)(F)F)n1. The van der Waals surface area contributed by atoms with Gasteiger partial charge in [-0.05, 0) is 50.6 Å². The number of aryl methyl sites for hydroxylation is 1. The number of nitrogens with zero attached hydrogens (tertiary/aromatic N) is 4. The third-order valence-corrected chi connectivity index (χ3v) is 7.78. The van der Waals surface area contributed by atoms with E-state index in [0.717, 1.165) is 38.3 Å². The minimum Gasteiger partial charge on any atom is -0.353 e. The molecule has 2 aliphatic rings. The zero-order valence-corrected chi connectivity index (χ0v) is 21.3. The molecule has 1 amide bonds. The second-order valence-corrected chi connectivity index (χ2v) is 10.4. The van der Waals surface area contributed by atoms with E-state index < -0.39 is 17.3 Å². The van der Waals surface area contributed by atoms with Crippen molar-refractivity contribution in [1.29, 1.82) is 0 Å². The first kappa shape index (κ1) is 26.4. The van der Waals surface area contributed by atoms with Crippen LogP contribution in [-0.2, 0) is 17.4 Å². The van der Waals surface area contributed by atoms with Crippen molar-refractivity contribution in [2.24, 2.45) is 11.3 Å². The smallest absolute Gasteiger partial charge is 0.353 e. The van der Waals surface area contributed by atoms with Crippen LogP contribution >= 0.6 is 0 Å². The van der Waals surface area contributed by atoms with Crippen LogP contribution in [0.15, 0.2) is 36.4 Å². The summed E-state index contributed by atoms with van der Waals surface area (Å²) in [5.74, 6) is 0.750. The molecule has 2 heterocycles. The van der Waals surface area contributed by atoms with Crippen LogP contribution in [0.4, 0.5) is 19.0 Å². The zero-order chi connectivity index (χ0) is 25.9. The van der Waals surface area contributed by atoms with Crippen molar-refractivity contribution >= 4 is 11.7 Å². The van der Waals surface area contributed by atoms with E-state index in [1.807, 2.05) is 28.0 Å². The molecule has 36 heavy (non-hydrogen) atoms. The number of aromatic nitrogens is 2. The first-order valence-corrected chi connectivity index (χ1v) is 12.8. The number of nitrogens with one attached hydrogen (secondary N) is 1. The van der Waals surface area contributed by atoms with Crippen LogP contribution < -0.4 is 10.2 Å². The molecule has 1 saturated heterocycles. The van der Waals surface area contributed by atoms with Crippen LogP contribution in [0, 0.1) is 18.3 Å². The summed E-state index contributed by atoms with van der Waals surface area (Å²) in [5.41, 5.74) is -0.0333. The standard InChI is InChI=1S/C27H36F3N5O/c1-19(2)26(11-9-22(18-26)31-12-10-21-7-5-4-6-8-21)25(36)35-15-13-34(14-16-35)24-17-23(27(28,29)30)32-20(3)33-24/h4-8,17,19,22,31H,9-16,18H2,1-3H3/t22-,26+/m1/s1. The molecular formula is C27H36F3N5O. The molecule has 0 spiro atoms. The highest BCUT2D eigenvalue weighted by Crippen LogP contribution is 2.46. The lowest BCUT2D eigenvalue weighted by molar-refractivity contribution is -0.145. The summed E-state index contributed by atoms with van der Waals surface area (Å²) in [5, 5.41) is 3.66. The second-order valence-electron chi connectivity index (χ2n) is 10.4. The van der Waals surface area contributed by atoms with Crippen molar-refractivity contribution in [2.45, 2.75) is 58.7 Å². The minimum atomic E-state index is -4.52. The summed E-state index contributed by atoms with van der Waals surface area (Å²) < 4.78 is 39.6. The minimum absolute atomic E-state index is 0.0915. The van der Waals surface area contributed by atoms with E-state index in [1.54, 1.807) is 0 Å². The van der Waals surface area contributed by atoms with Crippen LogP contribution in [-0.4, -0.2) is 59.5 Å². The molecule has 0 unspecified atom stereocenters. The maximum Gasteiger partial charge on any atom is 0.433 e. The van der Waals surface area contributed by atoms with Gasteiger partial charge >= 0.3 is 6.18 Å². The topological polar surface area (TPSA) is 61.4 Å². The van der Waals surface area contributed by atoms with Crippen molar-refractivity contribution in [3.05, 3.63) is 53.5 Å². The van der Waals surface area contributed by atoms with E-state index >= 15 is 0 Å². The molecule has 0 radical (unpaired) electrons. The molecule has 4 rings (SSSR count). The molecular weight excluding hydrogens is 467 g/mol. The van der Waals surface area contributed by atoms with Crippen molar-refractivity contribution in [1.82, 2.24) is 20.2 Å². The Balaban J connectivity index is 1.35. The van der Waals surface area contributed by atoms with Gasteiger partial charge in [-0.3, -0.25) is 4.79 Å². The van der Waals surface area contributed by atoms with E-state index in [2.05, 4.69) is 41.3 Å². The molecule has 6 nitrogen and oxygen atoms in total. The quantitative estimate of drug-likeness (QED) is 0.604. The first-order valence-electron chi connectivity index (χ1n) is 12.8. The van der Waals surface area contributed by atoms with Gasteiger partial charge in [0.2, 0.25) is 5.91 Å². The van der Waals surface area contributed by atoms with Gasteiger partial charge in [-0.2, -0.15) is 13.2 Å². The fraction of sp³-hybridized carbons (Fsp3) is 0.593. The van der Waals surface area contributed by atoms with Gasteiger partial charge in [0.1, 0.15) is 17.3 Å². The Bertz CT molecular complexity index is 1040. The van der Waals surface area contributed by atoms with Gasteiger partial charge in [-0.15, -0.1) is 0 Å². The number of hydrogen-bond acceptors (Lipinski definition) is 5. The van der Waals surface area contributed by atoms with Crippen LogP contribution in [0.5, 0.6) is 0 Å². The number of amides is 1. The molecule has 1 N–H and O–H groups in total. The summed E-state index contributed by atoms with van der Waals surface area (Å²) in [6, 6.07) is 11.7. The molecule has 1 aliphatic heterocycles. The number of alkyl halides is 3. The number of halogens is 3. The summed E-state index contributed by atoms with van der Waals surface area (Å²) >= 11 is 0. The second kappa shape index (κ2) is 10.7. The number of piperazine rings is 1. The molecule has 1 aliphatic carbocycles. The number of benzene rings is 1. The summed E-state index contributed by atoms with van der Waals surface area (Å²) in [7, 11) is 0. The van der Waals surface area contributed by atoms with Crippen LogP contribution in [0.1, 0.15) is 50.2 Å². The highest BCUT2D eigenvalue weighted by molar-refractivity contribution is 5.84. The van der Waals surface area contributed by atoms with Gasteiger partial charge in [0.05, 0.1) is 5.41 Å². The van der Waals surface area contributed by atoms with Gasteiger partial charge in [0, 0.05) is 38.3 Å². The van der Waals surface area contributed by atoms with Crippen molar-refractivity contribution in [3.63, 3.8) is 0 Å². The van der Waals surface area contributed by atoms with Crippen LogP contribution in [0.2, 0.25) is 0 Å². The molecule has 1 saturated carbocycles. The Morgan fingerprint density at radius 1 is 1.14 bits per heavy atom. The molecule has 2 aromatic rings. The van der Waals surface area contributed by atoms with Crippen LogP contribution in [0.25, 0.3) is 0 Å². The Morgan fingerprint density at radius 2 is 1.83 bits per heavy atom. The summed E-state index contributed by atoms with van der Waals surface area (Å²) in [6.07, 6.45) is -0.914. The number of anilines is 1.